The normalized spacial score (nSPS) is 15.5. The zero-order chi connectivity index (χ0) is 15.4. The Hall–Kier alpha value is -2.63. The van der Waals surface area contributed by atoms with Gasteiger partial charge in [0, 0.05) is 44.6 Å². The number of rotatable bonds is 3. The Morgan fingerprint density at radius 3 is 2.55 bits per heavy atom. The van der Waals surface area contributed by atoms with Crippen LogP contribution in [0.5, 0.6) is 0 Å². The summed E-state index contributed by atoms with van der Waals surface area (Å²) in [6, 6.07) is 5.52. The van der Waals surface area contributed by atoms with Crippen molar-refractivity contribution in [1.29, 1.82) is 0 Å². The number of piperazine rings is 1. The number of carbonyl (C=O) groups excluding carboxylic acids is 1. The van der Waals surface area contributed by atoms with E-state index in [1.807, 2.05) is 24.0 Å². The molecule has 0 radical (unpaired) electrons. The molecule has 114 valence electrons. The van der Waals surface area contributed by atoms with Crippen LogP contribution in [0.4, 0.5) is 5.95 Å². The number of amides is 1. The summed E-state index contributed by atoms with van der Waals surface area (Å²) in [6.07, 6.45) is 6.73. The molecule has 0 saturated carbocycles. The second kappa shape index (κ2) is 6.43. The number of furan rings is 1. The molecule has 6 nitrogen and oxygen atoms in total. The molecule has 1 amide bonds. The van der Waals surface area contributed by atoms with Gasteiger partial charge in [-0.1, -0.05) is 0 Å². The Morgan fingerprint density at radius 2 is 1.91 bits per heavy atom. The molecule has 1 aliphatic heterocycles. The van der Waals surface area contributed by atoms with Crippen molar-refractivity contribution in [2.24, 2.45) is 0 Å². The fourth-order valence-electron chi connectivity index (χ4n) is 2.38. The van der Waals surface area contributed by atoms with Crippen LogP contribution in [0.2, 0.25) is 0 Å². The largest absolute Gasteiger partial charge is 0.462 e. The molecular weight excluding hydrogens is 280 g/mol. The van der Waals surface area contributed by atoms with Crippen molar-refractivity contribution >= 4 is 17.9 Å². The second-order valence-electron chi connectivity index (χ2n) is 5.14. The van der Waals surface area contributed by atoms with Gasteiger partial charge in [-0.15, -0.1) is 0 Å². The fraction of sp³-hybridized carbons (Fsp3) is 0.312. The van der Waals surface area contributed by atoms with Gasteiger partial charge in [0.1, 0.15) is 11.5 Å². The third kappa shape index (κ3) is 3.33. The molecular formula is C16H18N4O2. The number of aryl methyl sites for hydroxylation is 1. The van der Waals surface area contributed by atoms with Crippen LogP contribution in [0.25, 0.3) is 6.08 Å². The van der Waals surface area contributed by atoms with Crippen molar-refractivity contribution in [2.75, 3.05) is 31.1 Å². The molecule has 2 aromatic heterocycles. The number of aromatic nitrogens is 2. The van der Waals surface area contributed by atoms with Crippen molar-refractivity contribution < 1.29 is 9.21 Å². The molecule has 0 bridgehead atoms. The lowest BCUT2D eigenvalue weighted by molar-refractivity contribution is -0.126. The van der Waals surface area contributed by atoms with Crippen LogP contribution in [0.1, 0.15) is 11.5 Å². The third-order valence-electron chi connectivity index (χ3n) is 3.58. The van der Waals surface area contributed by atoms with Gasteiger partial charge in [0.25, 0.3) is 0 Å². The molecule has 0 unspecified atom stereocenters. The van der Waals surface area contributed by atoms with Crippen molar-refractivity contribution in [3.8, 4) is 0 Å². The lowest BCUT2D eigenvalue weighted by Gasteiger charge is -2.34. The van der Waals surface area contributed by atoms with Crippen LogP contribution in [-0.2, 0) is 4.79 Å². The van der Waals surface area contributed by atoms with Crippen LogP contribution in [-0.4, -0.2) is 47.0 Å². The SMILES string of the molecule is Cc1ccc(C=CC(=O)N2CCN(c3ncccn3)CC2)o1. The average molecular weight is 298 g/mol. The first kappa shape index (κ1) is 14.3. The summed E-state index contributed by atoms with van der Waals surface area (Å²) >= 11 is 0. The molecule has 1 aliphatic rings. The second-order valence-corrected chi connectivity index (χ2v) is 5.14. The molecule has 2 aromatic rings. The van der Waals surface area contributed by atoms with E-state index in [0.717, 1.165) is 24.8 Å². The maximum absolute atomic E-state index is 12.2. The standard InChI is InChI=1S/C16H18N4O2/c1-13-3-4-14(22-13)5-6-15(21)19-9-11-20(12-10-19)16-17-7-2-8-18-16/h2-8H,9-12H2,1H3. The zero-order valence-corrected chi connectivity index (χ0v) is 12.5. The lowest BCUT2D eigenvalue weighted by atomic mass is 10.3. The Bertz CT molecular complexity index is 658. The zero-order valence-electron chi connectivity index (χ0n) is 12.5. The van der Waals surface area contributed by atoms with E-state index in [1.165, 1.54) is 0 Å². The van der Waals surface area contributed by atoms with Crippen molar-refractivity contribution in [1.82, 2.24) is 14.9 Å². The van der Waals surface area contributed by atoms with E-state index in [4.69, 9.17) is 4.42 Å². The van der Waals surface area contributed by atoms with Crippen LogP contribution in [0.3, 0.4) is 0 Å². The molecule has 22 heavy (non-hydrogen) atoms. The first-order valence-corrected chi connectivity index (χ1v) is 7.28. The van der Waals surface area contributed by atoms with Crippen molar-refractivity contribution in [3.05, 3.63) is 48.2 Å². The van der Waals surface area contributed by atoms with Crippen LogP contribution in [0, 0.1) is 6.92 Å². The highest BCUT2D eigenvalue weighted by Gasteiger charge is 2.20. The summed E-state index contributed by atoms with van der Waals surface area (Å²) in [5.74, 6) is 2.25. The summed E-state index contributed by atoms with van der Waals surface area (Å²) < 4.78 is 5.41. The molecule has 0 atom stereocenters. The highest BCUT2D eigenvalue weighted by atomic mass is 16.3. The smallest absolute Gasteiger partial charge is 0.246 e. The summed E-state index contributed by atoms with van der Waals surface area (Å²) in [5.41, 5.74) is 0. The first-order chi connectivity index (χ1) is 10.7. The highest BCUT2D eigenvalue weighted by Crippen LogP contribution is 2.11. The predicted octanol–water partition coefficient (Wildman–Crippen LogP) is 1.74. The van der Waals surface area contributed by atoms with Gasteiger partial charge < -0.3 is 14.2 Å². The molecule has 3 rings (SSSR count). The number of hydrogen-bond donors (Lipinski definition) is 0. The van der Waals surface area contributed by atoms with Gasteiger partial charge >= 0.3 is 0 Å². The Kier molecular flexibility index (Phi) is 4.18. The van der Waals surface area contributed by atoms with Crippen LogP contribution in [0.15, 0.2) is 41.1 Å². The number of hydrogen-bond acceptors (Lipinski definition) is 5. The van der Waals surface area contributed by atoms with Gasteiger partial charge in [-0.05, 0) is 31.2 Å². The quantitative estimate of drug-likeness (QED) is 0.808. The molecule has 0 spiro atoms. The Morgan fingerprint density at radius 1 is 1.18 bits per heavy atom. The molecule has 1 fully saturated rings. The van der Waals surface area contributed by atoms with Crippen molar-refractivity contribution in [3.63, 3.8) is 0 Å². The Balaban J connectivity index is 1.55. The maximum atomic E-state index is 12.2. The van der Waals surface area contributed by atoms with Crippen molar-refractivity contribution in [2.45, 2.75) is 6.92 Å². The first-order valence-electron chi connectivity index (χ1n) is 7.28. The minimum atomic E-state index is 0.00248. The fourth-order valence-corrected chi connectivity index (χ4v) is 2.38. The van der Waals surface area contributed by atoms with Gasteiger partial charge in [0.05, 0.1) is 0 Å². The molecule has 1 saturated heterocycles. The van der Waals surface area contributed by atoms with E-state index in [9.17, 15) is 4.79 Å². The summed E-state index contributed by atoms with van der Waals surface area (Å²) in [4.78, 5) is 24.6. The highest BCUT2D eigenvalue weighted by molar-refractivity contribution is 5.91. The molecule has 0 aliphatic carbocycles. The van der Waals surface area contributed by atoms with Gasteiger partial charge in [0.2, 0.25) is 11.9 Å². The molecule has 0 aromatic carbocycles. The van der Waals surface area contributed by atoms with Crippen LogP contribution < -0.4 is 4.90 Å². The number of anilines is 1. The van der Waals surface area contributed by atoms with Gasteiger partial charge in [0.15, 0.2) is 0 Å². The van der Waals surface area contributed by atoms with E-state index in [-0.39, 0.29) is 5.91 Å². The third-order valence-corrected chi connectivity index (χ3v) is 3.58. The summed E-state index contributed by atoms with van der Waals surface area (Å²) in [6.45, 7) is 4.69. The van der Waals surface area contributed by atoms with E-state index in [1.54, 1.807) is 30.6 Å². The molecule has 3 heterocycles. The topological polar surface area (TPSA) is 62.5 Å². The summed E-state index contributed by atoms with van der Waals surface area (Å²) in [7, 11) is 0. The van der Waals surface area contributed by atoms with Gasteiger partial charge in [-0.25, -0.2) is 9.97 Å². The predicted molar refractivity (Wildman–Crippen MR) is 83.3 cm³/mol. The maximum Gasteiger partial charge on any atom is 0.246 e. The lowest BCUT2D eigenvalue weighted by Crippen LogP contribution is -2.48. The van der Waals surface area contributed by atoms with E-state index >= 15 is 0 Å². The van der Waals surface area contributed by atoms with E-state index < -0.39 is 0 Å². The number of nitrogens with zero attached hydrogens (tertiary/aromatic N) is 4. The summed E-state index contributed by atoms with van der Waals surface area (Å²) in [5, 5.41) is 0. The van der Waals surface area contributed by atoms with Crippen LogP contribution >= 0.6 is 0 Å². The molecule has 6 heteroatoms. The Labute approximate surface area is 129 Å². The minimum absolute atomic E-state index is 0.00248. The van der Waals surface area contributed by atoms with E-state index in [2.05, 4.69) is 14.9 Å². The number of carbonyl (C=O) groups is 1. The van der Waals surface area contributed by atoms with Gasteiger partial charge in [-0.3, -0.25) is 4.79 Å². The average Bonchev–Trinajstić information content (AvgIpc) is 2.99. The monoisotopic (exact) mass is 298 g/mol. The van der Waals surface area contributed by atoms with Gasteiger partial charge in [-0.2, -0.15) is 0 Å². The van der Waals surface area contributed by atoms with E-state index in [0.29, 0.717) is 18.8 Å². The minimum Gasteiger partial charge on any atom is -0.462 e. The molecule has 0 N–H and O–H groups in total.